The van der Waals surface area contributed by atoms with Crippen LogP contribution in [0.15, 0.2) is 23.0 Å². The van der Waals surface area contributed by atoms with Crippen LogP contribution in [0.4, 0.5) is 0 Å². The minimum atomic E-state index is -0.292. The van der Waals surface area contributed by atoms with Crippen LogP contribution in [-0.2, 0) is 0 Å². The normalized spacial score (nSPS) is 18.4. The van der Waals surface area contributed by atoms with E-state index in [1.807, 2.05) is 32.1 Å². The molecule has 1 atom stereocenters. The van der Waals surface area contributed by atoms with E-state index in [2.05, 4.69) is 4.98 Å². The highest BCUT2D eigenvalue weighted by Gasteiger charge is 2.27. The summed E-state index contributed by atoms with van der Waals surface area (Å²) in [6, 6.07) is 1.94. The van der Waals surface area contributed by atoms with Crippen molar-refractivity contribution in [3.8, 4) is 0 Å². The van der Waals surface area contributed by atoms with Crippen molar-refractivity contribution in [3.05, 3.63) is 45.4 Å². The molecule has 18 heavy (non-hydrogen) atoms. The Morgan fingerprint density at radius 1 is 1.50 bits per heavy atom. The first-order valence-electron chi connectivity index (χ1n) is 6.22. The average molecular weight is 246 g/mol. The van der Waals surface area contributed by atoms with Crippen LogP contribution in [0.1, 0.15) is 35.0 Å². The molecule has 0 aliphatic carbocycles. The van der Waals surface area contributed by atoms with Crippen LogP contribution in [0, 0.1) is 13.8 Å². The van der Waals surface area contributed by atoms with E-state index in [1.54, 1.807) is 11.8 Å². The Bertz CT molecular complexity index is 557. The summed E-state index contributed by atoms with van der Waals surface area (Å²) < 4.78 is 0. The first-order valence-corrected chi connectivity index (χ1v) is 6.22. The molecule has 96 valence electrons. The monoisotopic (exact) mass is 246 g/mol. The second-order valence-corrected chi connectivity index (χ2v) is 4.70. The van der Waals surface area contributed by atoms with Crippen molar-refractivity contribution in [2.75, 3.05) is 6.54 Å². The lowest BCUT2D eigenvalue weighted by Gasteiger charge is -2.24. The molecule has 1 aromatic heterocycles. The smallest absolute Gasteiger partial charge is 0.261 e. The molecule has 2 rings (SSSR count). The van der Waals surface area contributed by atoms with E-state index in [4.69, 9.17) is 0 Å². The minimum Gasteiger partial charge on any atom is -0.328 e. The van der Waals surface area contributed by atoms with E-state index in [1.165, 1.54) is 0 Å². The van der Waals surface area contributed by atoms with Gasteiger partial charge in [0.05, 0.1) is 6.04 Å². The number of pyridine rings is 1. The number of carbonyl (C=O) groups is 1. The molecule has 1 aromatic rings. The van der Waals surface area contributed by atoms with Crippen LogP contribution in [0.25, 0.3) is 0 Å². The Morgan fingerprint density at radius 2 is 2.22 bits per heavy atom. The third-order valence-corrected chi connectivity index (χ3v) is 3.32. The molecule has 0 bridgehead atoms. The van der Waals surface area contributed by atoms with Crippen molar-refractivity contribution in [2.45, 2.75) is 33.2 Å². The predicted octanol–water partition coefficient (Wildman–Crippen LogP) is 1.78. The van der Waals surface area contributed by atoms with Gasteiger partial charge in [-0.2, -0.15) is 0 Å². The van der Waals surface area contributed by atoms with Gasteiger partial charge >= 0.3 is 0 Å². The first kappa shape index (κ1) is 12.6. The van der Waals surface area contributed by atoms with Gasteiger partial charge < -0.3 is 9.88 Å². The number of rotatable bonds is 2. The SMILES string of the molecule is CC[C@H]1C=CCN1C(=O)c1c(C)cc(C)[nH]c1=O. The molecule has 1 aliphatic heterocycles. The van der Waals surface area contributed by atoms with E-state index in [-0.39, 0.29) is 23.1 Å². The van der Waals surface area contributed by atoms with Gasteiger partial charge in [0.25, 0.3) is 11.5 Å². The third kappa shape index (κ3) is 2.10. The molecular formula is C14H18N2O2. The largest absolute Gasteiger partial charge is 0.328 e. The van der Waals surface area contributed by atoms with Gasteiger partial charge in [-0.3, -0.25) is 9.59 Å². The highest BCUT2D eigenvalue weighted by Crippen LogP contribution is 2.17. The molecule has 0 saturated carbocycles. The van der Waals surface area contributed by atoms with Crippen LogP contribution in [0.5, 0.6) is 0 Å². The van der Waals surface area contributed by atoms with Gasteiger partial charge in [0.2, 0.25) is 0 Å². The van der Waals surface area contributed by atoms with Crippen molar-refractivity contribution >= 4 is 5.91 Å². The summed E-state index contributed by atoms with van der Waals surface area (Å²) in [6.45, 7) is 6.24. The maximum atomic E-state index is 12.4. The fourth-order valence-corrected chi connectivity index (χ4v) is 2.42. The number of nitrogens with one attached hydrogen (secondary N) is 1. The topological polar surface area (TPSA) is 53.2 Å². The molecule has 1 aliphatic rings. The summed E-state index contributed by atoms with van der Waals surface area (Å²) >= 11 is 0. The molecule has 4 heteroatoms. The van der Waals surface area contributed by atoms with Crippen LogP contribution in [-0.4, -0.2) is 28.4 Å². The molecule has 1 amide bonds. The van der Waals surface area contributed by atoms with E-state index in [9.17, 15) is 9.59 Å². The molecule has 4 nitrogen and oxygen atoms in total. The lowest BCUT2D eigenvalue weighted by Crippen LogP contribution is -2.39. The highest BCUT2D eigenvalue weighted by atomic mass is 16.2. The number of aromatic nitrogens is 1. The van der Waals surface area contributed by atoms with Gasteiger partial charge in [0, 0.05) is 12.2 Å². The van der Waals surface area contributed by atoms with Crippen molar-refractivity contribution < 1.29 is 4.79 Å². The van der Waals surface area contributed by atoms with Gasteiger partial charge in [0.15, 0.2) is 0 Å². The van der Waals surface area contributed by atoms with Gasteiger partial charge in [-0.05, 0) is 31.9 Å². The summed E-state index contributed by atoms with van der Waals surface area (Å²) in [7, 11) is 0. The van der Waals surface area contributed by atoms with Crippen molar-refractivity contribution in [1.29, 1.82) is 0 Å². The number of aryl methyl sites for hydroxylation is 2. The molecule has 1 N–H and O–H groups in total. The molecule has 0 aromatic carbocycles. The summed E-state index contributed by atoms with van der Waals surface area (Å²) in [5, 5.41) is 0. The average Bonchev–Trinajstić information content (AvgIpc) is 2.75. The summed E-state index contributed by atoms with van der Waals surface area (Å²) in [5.41, 5.74) is 1.49. The molecular weight excluding hydrogens is 228 g/mol. The van der Waals surface area contributed by atoms with Crippen molar-refractivity contribution in [2.24, 2.45) is 0 Å². The summed E-state index contributed by atoms with van der Waals surface area (Å²) in [6.07, 6.45) is 4.87. The molecule has 0 spiro atoms. The van der Waals surface area contributed by atoms with Crippen molar-refractivity contribution in [1.82, 2.24) is 9.88 Å². The van der Waals surface area contributed by atoms with Gasteiger partial charge in [0.1, 0.15) is 5.56 Å². The van der Waals surface area contributed by atoms with E-state index < -0.39 is 0 Å². The third-order valence-electron chi connectivity index (χ3n) is 3.32. The van der Waals surface area contributed by atoms with Gasteiger partial charge in [-0.25, -0.2) is 0 Å². The Kier molecular flexibility index (Phi) is 3.36. The molecule has 0 saturated heterocycles. The Labute approximate surface area is 106 Å². The summed E-state index contributed by atoms with van der Waals surface area (Å²) in [5.74, 6) is -0.175. The molecule has 0 unspecified atom stereocenters. The quantitative estimate of drug-likeness (QED) is 0.809. The zero-order valence-electron chi connectivity index (χ0n) is 11.0. The van der Waals surface area contributed by atoms with Gasteiger partial charge in [-0.15, -0.1) is 0 Å². The first-order chi connectivity index (χ1) is 8.54. The summed E-state index contributed by atoms with van der Waals surface area (Å²) in [4.78, 5) is 28.8. The maximum Gasteiger partial charge on any atom is 0.261 e. The maximum absolute atomic E-state index is 12.4. The fourth-order valence-electron chi connectivity index (χ4n) is 2.42. The Hall–Kier alpha value is -1.84. The molecule has 2 heterocycles. The number of H-pyrrole nitrogens is 1. The Balaban J connectivity index is 2.38. The van der Waals surface area contributed by atoms with Crippen LogP contribution < -0.4 is 5.56 Å². The van der Waals surface area contributed by atoms with E-state index >= 15 is 0 Å². The predicted molar refractivity (Wildman–Crippen MR) is 70.8 cm³/mol. The zero-order chi connectivity index (χ0) is 13.3. The van der Waals surface area contributed by atoms with E-state index in [0.717, 1.165) is 17.7 Å². The van der Waals surface area contributed by atoms with Crippen LogP contribution in [0.3, 0.4) is 0 Å². The molecule has 0 fully saturated rings. The van der Waals surface area contributed by atoms with Gasteiger partial charge in [-0.1, -0.05) is 19.1 Å². The number of hydrogen-bond donors (Lipinski definition) is 1. The lowest BCUT2D eigenvalue weighted by atomic mass is 10.1. The van der Waals surface area contributed by atoms with E-state index in [0.29, 0.717) is 6.54 Å². The second kappa shape index (κ2) is 4.80. The molecule has 0 radical (unpaired) electrons. The highest BCUT2D eigenvalue weighted by molar-refractivity contribution is 5.96. The fraction of sp³-hybridized carbons (Fsp3) is 0.429. The van der Waals surface area contributed by atoms with Crippen LogP contribution >= 0.6 is 0 Å². The van der Waals surface area contributed by atoms with Crippen LogP contribution in [0.2, 0.25) is 0 Å². The Morgan fingerprint density at radius 3 is 2.83 bits per heavy atom. The zero-order valence-corrected chi connectivity index (χ0v) is 11.0. The number of nitrogens with zero attached hydrogens (tertiary/aromatic N) is 1. The number of aromatic amines is 1. The second-order valence-electron chi connectivity index (χ2n) is 4.70. The number of hydrogen-bond acceptors (Lipinski definition) is 2. The number of amides is 1. The minimum absolute atomic E-state index is 0.109. The number of carbonyl (C=O) groups excluding carboxylic acids is 1. The standard InChI is InChI=1S/C14H18N2O2/c1-4-11-6-5-7-16(11)14(18)12-9(2)8-10(3)15-13(12)17/h5-6,8,11H,4,7H2,1-3H3,(H,15,17)/t11-/m0/s1. The van der Waals surface area contributed by atoms with Crippen molar-refractivity contribution in [3.63, 3.8) is 0 Å². The lowest BCUT2D eigenvalue weighted by molar-refractivity contribution is 0.0745.